The number of aryl methyl sites for hydroxylation is 1. The van der Waals surface area contributed by atoms with Crippen molar-refractivity contribution in [3.8, 4) is 5.75 Å². The number of hydrogen-bond donors (Lipinski definition) is 1. The zero-order valence-corrected chi connectivity index (χ0v) is 14.1. The van der Waals surface area contributed by atoms with Crippen LogP contribution in [0.2, 0.25) is 0 Å². The van der Waals surface area contributed by atoms with Crippen LogP contribution in [0.4, 0.5) is 0 Å². The van der Waals surface area contributed by atoms with E-state index in [1.165, 1.54) is 0 Å². The molecular formula is C19H23NO3. The van der Waals surface area contributed by atoms with Crippen molar-refractivity contribution in [3.05, 3.63) is 64.7 Å². The highest BCUT2D eigenvalue weighted by atomic mass is 16.5. The largest absolute Gasteiger partial charge is 0.496 e. The van der Waals surface area contributed by atoms with Crippen molar-refractivity contribution in [1.82, 2.24) is 5.32 Å². The molecular weight excluding hydrogens is 290 g/mol. The molecule has 1 atom stereocenters. The first-order valence-electron chi connectivity index (χ1n) is 7.58. The molecule has 0 heterocycles. The van der Waals surface area contributed by atoms with E-state index >= 15 is 0 Å². The quantitative estimate of drug-likeness (QED) is 0.885. The first-order valence-corrected chi connectivity index (χ1v) is 7.58. The predicted molar refractivity (Wildman–Crippen MR) is 90.8 cm³/mol. The lowest BCUT2D eigenvalue weighted by Gasteiger charge is -2.18. The van der Waals surface area contributed by atoms with E-state index in [2.05, 4.69) is 5.32 Å². The van der Waals surface area contributed by atoms with Crippen LogP contribution in [0.15, 0.2) is 42.5 Å². The van der Waals surface area contributed by atoms with Gasteiger partial charge in [-0.3, -0.25) is 4.79 Å². The Morgan fingerprint density at radius 3 is 2.43 bits per heavy atom. The number of carbonyl (C=O) groups is 1. The van der Waals surface area contributed by atoms with Gasteiger partial charge in [-0.05, 0) is 37.6 Å². The number of carbonyl (C=O) groups excluding carboxylic acids is 1. The van der Waals surface area contributed by atoms with E-state index in [1.54, 1.807) is 14.2 Å². The topological polar surface area (TPSA) is 47.6 Å². The van der Waals surface area contributed by atoms with E-state index in [1.807, 2.05) is 56.3 Å². The molecule has 0 saturated heterocycles. The van der Waals surface area contributed by atoms with Gasteiger partial charge in [0.25, 0.3) is 5.91 Å². The fourth-order valence-corrected chi connectivity index (χ4v) is 2.47. The van der Waals surface area contributed by atoms with Gasteiger partial charge in [-0.1, -0.05) is 29.8 Å². The molecule has 0 aromatic heterocycles. The monoisotopic (exact) mass is 313 g/mol. The molecule has 0 aliphatic heterocycles. The number of rotatable bonds is 6. The molecule has 0 spiro atoms. The van der Waals surface area contributed by atoms with Crippen LogP contribution in [0, 0.1) is 6.92 Å². The minimum absolute atomic E-state index is 0.106. The maximum absolute atomic E-state index is 12.4. The lowest BCUT2D eigenvalue weighted by atomic mass is 10.0. The molecule has 0 fully saturated rings. The summed E-state index contributed by atoms with van der Waals surface area (Å²) in [6.45, 7) is 4.51. The molecule has 122 valence electrons. The summed E-state index contributed by atoms with van der Waals surface area (Å²) in [4.78, 5) is 12.4. The van der Waals surface area contributed by atoms with Gasteiger partial charge in [0, 0.05) is 18.2 Å². The van der Waals surface area contributed by atoms with Gasteiger partial charge in [0.2, 0.25) is 0 Å². The van der Waals surface area contributed by atoms with Crippen molar-refractivity contribution in [2.45, 2.75) is 26.5 Å². The number of ether oxygens (including phenoxy) is 2. The van der Waals surface area contributed by atoms with Crippen LogP contribution in [0.25, 0.3) is 0 Å². The van der Waals surface area contributed by atoms with Crippen molar-refractivity contribution >= 4 is 5.91 Å². The molecule has 1 amide bonds. The highest BCUT2D eigenvalue weighted by Gasteiger charge is 2.15. The van der Waals surface area contributed by atoms with Gasteiger partial charge < -0.3 is 14.8 Å². The molecule has 2 aromatic carbocycles. The fraction of sp³-hybridized carbons (Fsp3) is 0.316. The molecule has 2 rings (SSSR count). The Balaban J connectivity index is 2.11. The maximum Gasteiger partial charge on any atom is 0.251 e. The third kappa shape index (κ3) is 4.33. The van der Waals surface area contributed by atoms with Crippen molar-refractivity contribution in [2.75, 3.05) is 14.2 Å². The molecule has 0 aliphatic rings. The molecule has 4 heteroatoms. The van der Waals surface area contributed by atoms with Gasteiger partial charge in [-0.15, -0.1) is 0 Å². The van der Waals surface area contributed by atoms with Crippen LogP contribution < -0.4 is 10.1 Å². The van der Waals surface area contributed by atoms with Crippen LogP contribution >= 0.6 is 0 Å². The van der Waals surface area contributed by atoms with E-state index in [-0.39, 0.29) is 11.9 Å². The Morgan fingerprint density at radius 2 is 1.83 bits per heavy atom. The summed E-state index contributed by atoms with van der Waals surface area (Å²) >= 11 is 0. The summed E-state index contributed by atoms with van der Waals surface area (Å²) in [5.74, 6) is 0.670. The second-order valence-electron chi connectivity index (χ2n) is 5.57. The van der Waals surface area contributed by atoms with E-state index in [9.17, 15) is 4.79 Å². The van der Waals surface area contributed by atoms with Gasteiger partial charge in [0.05, 0.1) is 19.8 Å². The Hall–Kier alpha value is -2.33. The third-order valence-corrected chi connectivity index (χ3v) is 3.73. The lowest BCUT2D eigenvalue weighted by molar-refractivity contribution is 0.0939. The molecule has 0 radical (unpaired) electrons. The standard InChI is InChI=1S/C19H23NO3/c1-13-5-10-18(23-4)17(11-13)14(2)20-19(21)16-8-6-15(7-9-16)12-22-3/h5-11,14H,12H2,1-4H3,(H,20,21)/t14-/m1/s1. The summed E-state index contributed by atoms with van der Waals surface area (Å²) in [5.41, 5.74) is 3.77. The van der Waals surface area contributed by atoms with E-state index < -0.39 is 0 Å². The van der Waals surface area contributed by atoms with Gasteiger partial charge in [-0.2, -0.15) is 0 Å². The summed E-state index contributed by atoms with van der Waals surface area (Å²) in [6.07, 6.45) is 0. The first kappa shape index (κ1) is 17.0. The summed E-state index contributed by atoms with van der Waals surface area (Å²) in [6, 6.07) is 13.2. The van der Waals surface area contributed by atoms with Crippen molar-refractivity contribution in [1.29, 1.82) is 0 Å². The smallest absolute Gasteiger partial charge is 0.251 e. The molecule has 0 saturated carbocycles. The van der Waals surface area contributed by atoms with Gasteiger partial charge in [-0.25, -0.2) is 0 Å². The fourth-order valence-electron chi connectivity index (χ4n) is 2.47. The van der Waals surface area contributed by atoms with Gasteiger partial charge in [0.1, 0.15) is 5.75 Å². The van der Waals surface area contributed by atoms with E-state index in [4.69, 9.17) is 9.47 Å². The van der Waals surface area contributed by atoms with Crippen molar-refractivity contribution in [2.24, 2.45) is 0 Å². The Labute approximate surface area is 137 Å². The van der Waals surface area contributed by atoms with Gasteiger partial charge >= 0.3 is 0 Å². The third-order valence-electron chi connectivity index (χ3n) is 3.73. The zero-order valence-electron chi connectivity index (χ0n) is 14.1. The first-order chi connectivity index (χ1) is 11.0. The summed E-state index contributed by atoms with van der Waals surface area (Å²) in [7, 11) is 3.29. The highest BCUT2D eigenvalue weighted by molar-refractivity contribution is 5.94. The van der Waals surface area contributed by atoms with Crippen LogP contribution in [0.3, 0.4) is 0 Å². The van der Waals surface area contributed by atoms with Crippen LogP contribution in [-0.4, -0.2) is 20.1 Å². The minimum Gasteiger partial charge on any atom is -0.496 e. The highest BCUT2D eigenvalue weighted by Crippen LogP contribution is 2.26. The van der Waals surface area contributed by atoms with Crippen molar-refractivity contribution < 1.29 is 14.3 Å². The number of methoxy groups -OCH3 is 2. The van der Waals surface area contributed by atoms with Crippen molar-refractivity contribution in [3.63, 3.8) is 0 Å². The SMILES string of the molecule is COCc1ccc(C(=O)N[C@H](C)c2cc(C)ccc2OC)cc1. The Bertz CT molecular complexity index is 665. The minimum atomic E-state index is -0.143. The van der Waals surface area contributed by atoms with E-state index in [0.29, 0.717) is 12.2 Å². The average molecular weight is 313 g/mol. The number of benzene rings is 2. The summed E-state index contributed by atoms with van der Waals surface area (Å²) in [5, 5.41) is 3.02. The number of hydrogen-bond acceptors (Lipinski definition) is 3. The van der Waals surface area contributed by atoms with Crippen LogP contribution in [0.1, 0.15) is 40.0 Å². The average Bonchev–Trinajstić information content (AvgIpc) is 2.55. The predicted octanol–water partition coefficient (Wildman–Crippen LogP) is 3.64. The Kier molecular flexibility index (Phi) is 5.77. The molecule has 1 N–H and O–H groups in total. The normalized spacial score (nSPS) is 11.8. The molecule has 0 bridgehead atoms. The second kappa shape index (κ2) is 7.79. The maximum atomic E-state index is 12.4. The summed E-state index contributed by atoms with van der Waals surface area (Å²) < 4.78 is 10.5. The second-order valence-corrected chi connectivity index (χ2v) is 5.57. The molecule has 23 heavy (non-hydrogen) atoms. The molecule has 0 unspecified atom stereocenters. The Morgan fingerprint density at radius 1 is 1.13 bits per heavy atom. The zero-order chi connectivity index (χ0) is 16.8. The molecule has 0 aliphatic carbocycles. The van der Waals surface area contributed by atoms with Crippen LogP contribution in [-0.2, 0) is 11.3 Å². The van der Waals surface area contributed by atoms with Crippen LogP contribution in [0.5, 0.6) is 5.75 Å². The number of amides is 1. The number of nitrogens with one attached hydrogen (secondary N) is 1. The van der Waals surface area contributed by atoms with Gasteiger partial charge in [0.15, 0.2) is 0 Å². The lowest BCUT2D eigenvalue weighted by Crippen LogP contribution is -2.27. The van der Waals surface area contributed by atoms with E-state index in [0.717, 1.165) is 22.4 Å². The molecule has 2 aromatic rings. The molecule has 4 nitrogen and oxygen atoms in total.